The first-order valence-corrected chi connectivity index (χ1v) is 7.81. The Bertz CT molecular complexity index is 432. The summed E-state index contributed by atoms with van der Waals surface area (Å²) in [5.74, 6) is 0.215. The summed E-state index contributed by atoms with van der Waals surface area (Å²) in [6.45, 7) is 2.75. The van der Waals surface area contributed by atoms with E-state index in [9.17, 15) is 4.79 Å². The molecule has 0 saturated carbocycles. The van der Waals surface area contributed by atoms with Gasteiger partial charge in [-0.1, -0.05) is 12.1 Å². The molecule has 19 heavy (non-hydrogen) atoms. The summed E-state index contributed by atoms with van der Waals surface area (Å²) in [5, 5.41) is 0. The van der Waals surface area contributed by atoms with Crippen molar-refractivity contribution >= 4 is 28.4 Å². The largest absolute Gasteiger partial charge is 0.305 e. The highest BCUT2D eigenvalue weighted by Crippen LogP contribution is 2.14. The van der Waals surface area contributed by atoms with Crippen LogP contribution < -0.4 is 0 Å². The Morgan fingerprint density at radius 2 is 2.11 bits per heavy atom. The molecular weight excluding hydrogens is 351 g/mol. The summed E-state index contributed by atoms with van der Waals surface area (Å²) in [6, 6.07) is 8.33. The number of hydrogen-bond donors (Lipinski definition) is 0. The zero-order valence-corrected chi connectivity index (χ0v) is 13.8. The molecule has 3 nitrogen and oxygen atoms in total. The van der Waals surface area contributed by atoms with Gasteiger partial charge >= 0.3 is 0 Å². The van der Waals surface area contributed by atoms with E-state index in [1.54, 1.807) is 0 Å². The lowest BCUT2D eigenvalue weighted by Gasteiger charge is -2.35. The molecule has 4 heteroatoms. The SMILES string of the molecule is CN1CCCC(N(C)CC(=O)c2ccc(I)cc2)C1. The smallest absolute Gasteiger partial charge is 0.176 e. The number of piperidine rings is 1. The van der Waals surface area contributed by atoms with Gasteiger partial charge in [0, 0.05) is 21.7 Å². The first kappa shape index (κ1) is 14.9. The molecule has 1 aromatic carbocycles. The van der Waals surface area contributed by atoms with Crippen LogP contribution in [0.4, 0.5) is 0 Å². The summed E-state index contributed by atoms with van der Waals surface area (Å²) in [5.41, 5.74) is 0.816. The lowest BCUT2D eigenvalue weighted by Crippen LogP contribution is -2.46. The van der Waals surface area contributed by atoms with Crippen molar-refractivity contribution in [3.63, 3.8) is 0 Å². The number of carbonyl (C=O) groups is 1. The molecule has 1 fully saturated rings. The monoisotopic (exact) mass is 372 g/mol. The fourth-order valence-electron chi connectivity index (χ4n) is 2.58. The molecule has 1 heterocycles. The number of nitrogens with zero attached hydrogens (tertiary/aromatic N) is 2. The number of likely N-dealkylation sites (tertiary alicyclic amines) is 1. The molecule has 1 aromatic rings. The third-order valence-corrected chi connectivity index (χ3v) is 4.50. The van der Waals surface area contributed by atoms with Crippen molar-refractivity contribution in [1.29, 1.82) is 0 Å². The Hall–Kier alpha value is -0.460. The predicted octanol–water partition coefficient (Wildman–Crippen LogP) is 2.50. The van der Waals surface area contributed by atoms with Crippen LogP contribution >= 0.6 is 22.6 Å². The molecule has 0 spiro atoms. The molecular formula is C15H21IN2O. The van der Waals surface area contributed by atoms with Gasteiger partial charge in [-0.2, -0.15) is 0 Å². The third-order valence-electron chi connectivity index (χ3n) is 3.78. The Balaban J connectivity index is 1.92. The Kier molecular flexibility index (Phi) is 5.36. The van der Waals surface area contributed by atoms with Crippen LogP contribution in [0.5, 0.6) is 0 Å². The summed E-state index contributed by atoms with van der Waals surface area (Å²) < 4.78 is 1.16. The third kappa shape index (κ3) is 4.26. The van der Waals surface area contributed by atoms with E-state index in [2.05, 4.69) is 46.5 Å². The van der Waals surface area contributed by atoms with Gasteiger partial charge in [0.25, 0.3) is 0 Å². The molecule has 1 aliphatic rings. The highest BCUT2D eigenvalue weighted by Gasteiger charge is 2.22. The molecule has 0 aliphatic carbocycles. The van der Waals surface area contributed by atoms with Gasteiger partial charge in [0.15, 0.2) is 5.78 Å². The van der Waals surface area contributed by atoms with Crippen molar-refractivity contribution in [1.82, 2.24) is 9.80 Å². The fraction of sp³-hybridized carbons (Fsp3) is 0.533. The van der Waals surface area contributed by atoms with Crippen LogP contribution in [0.2, 0.25) is 0 Å². The number of ketones is 1. The molecule has 0 bridgehead atoms. The molecule has 0 radical (unpaired) electrons. The summed E-state index contributed by atoms with van der Waals surface area (Å²) in [6.07, 6.45) is 2.42. The number of likely N-dealkylation sites (N-methyl/N-ethyl adjacent to an activating group) is 2. The number of hydrogen-bond acceptors (Lipinski definition) is 3. The van der Waals surface area contributed by atoms with Gasteiger partial charge in [-0.25, -0.2) is 0 Å². The number of benzene rings is 1. The van der Waals surface area contributed by atoms with Crippen LogP contribution in [0.15, 0.2) is 24.3 Å². The molecule has 1 saturated heterocycles. The van der Waals surface area contributed by atoms with Gasteiger partial charge in [0.1, 0.15) is 0 Å². The minimum atomic E-state index is 0.215. The maximum Gasteiger partial charge on any atom is 0.176 e. The minimum absolute atomic E-state index is 0.215. The molecule has 1 unspecified atom stereocenters. The van der Waals surface area contributed by atoms with E-state index >= 15 is 0 Å². The van der Waals surface area contributed by atoms with E-state index in [1.807, 2.05) is 24.3 Å². The van der Waals surface area contributed by atoms with Gasteiger partial charge in [-0.15, -0.1) is 0 Å². The number of halogens is 1. The van der Waals surface area contributed by atoms with E-state index in [1.165, 1.54) is 19.4 Å². The van der Waals surface area contributed by atoms with Gasteiger partial charge in [0.2, 0.25) is 0 Å². The molecule has 1 aliphatic heterocycles. The second kappa shape index (κ2) is 6.81. The molecule has 104 valence electrons. The minimum Gasteiger partial charge on any atom is -0.305 e. The van der Waals surface area contributed by atoms with Crippen LogP contribution in [0.25, 0.3) is 0 Å². The number of rotatable bonds is 4. The van der Waals surface area contributed by atoms with Crippen LogP contribution in [-0.2, 0) is 0 Å². The van der Waals surface area contributed by atoms with Crippen molar-refractivity contribution < 1.29 is 4.79 Å². The zero-order valence-electron chi connectivity index (χ0n) is 11.6. The van der Waals surface area contributed by atoms with E-state index in [-0.39, 0.29) is 5.78 Å². The summed E-state index contributed by atoms with van der Waals surface area (Å²) in [7, 11) is 4.22. The highest BCUT2D eigenvalue weighted by molar-refractivity contribution is 14.1. The van der Waals surface area contributed by atoms with Gasteiger partial charge in [-0.05, 0) is 68.2 Å². The van der Waals surface area contributed by atoms with E-state index < -0.39 is 0 Å². The van der Waals surface area contributed by atoms with Crippen LogP contribution in [0.3, 0.4) is 0 Å². The van der Waals surface area contributed by atoms with Crippen molar-refractivity contribution in [2.45, 2.75) is 18.9 Å². The molecule has 0 N–H and O–H groups in total. The predicted molar refractivity (Wildman–Crippen MR) is 86.6 cm³/mol. The second-order valence-electron chi connectivity index (χ2n) is 5.40. The Morgan fingerprint density at radius 1 is 1.42 bits per heavy atom. The van der Waals surface area contributed by atoms with Crippen molar-refractivity contribution in [3.8, 4) is 0 Å². The van der Waals surface area contributed by atoms with Gasteiger partial charge in [0.05, 0.1) is 6.54 Å². The van der Waals surface area contributed by atoms with E-state index in [0.29, 0.717) is 12.6 Å². The topological polar surface area (TPSA) is 23.6 Å². The summed E-state index contributed by atoms with van der Waals surface area (Å²) in [4.78, 5) is 16.8. The molecule has 0 amide bonds. The van der Waals surface area contributed by atoms with Crippen LogP contribution in [-0.4, -0.2) is 55.4 Å². The first-order chi connectivity index (χ1) is 9.06. The van der Waals surface area contributed by atoms with Crippen molar-refractivity contribution in [2.75, 3.05) is 33.7 Å². The fourth-order valence-corrected chi connectivity index (χ4v) is 2.94. The highest BCUT2D eigenvalue weighted by atomic mass is 127. The summed E-state index contributed by atoms with van der Waals surface area (Å²) >= 11 is 2.26. The van der Waals surface area contributed by atoms with E-state index in [4.69, 9.17) is 0 Å². The van der Waals surface area contributed by atoms with Crippen LogP contribution in [0.1, 0.15) is 23.2 Å². The molecule has 2 rings (SSSR count). The maximum atomic E-state index is 12.2. The standard InChI is InChI=1S/C15H21IN2O/c1-17-9-3-4-14(10-17)18(2)11-15(19)12-5-7-13(16)8-6-12/h5-8,14H,3-4,9-11H2,1-2H3. The Labute approximate surface area is 129 Å². The maximum absolute atomic E-state index is 12.2. The van der Waals surface area contributed by atoms with Gasteiger partial charge in [-0.3, -0.25) is 9.69 Å². The van der Waals surface area contributed by atoms with Crippen molar-refractivity contribution in [3.05, 3.63) is 33.4 Å². The Morgan fingerprint density at radius 3 is 2.74 bits per heavy atom. The number of carbonyl (C=O) groups excluding carboxylic acids is 1. The normalized spacial score (nSPS) is 20.7. The average Bonchev–Trinajstić information content (AvgIpc) is 2.39. The quantitative estimate of drug-likeness (QED) is 0.600. The zero-order chi connectivity index (χ0) is 13.8. The van der Waals surface area contributed by atoms with Gasteiger partial charge < -0.3 is 4.90 Å². The van der Waals surface area contributed by atoms with E-state index in [0.717, 1.165) is 15.7 Å². The number of Topliss-reactive ketones (excluding diaryl/α,β-unsaturated/α-hetero) is 1. The molecule has 0 aromatic heterocycles. The van der Waals surface area contributed by atoms with Crippen LogP contribution in [0, 0.1) is 3.57 Å². The lowest BCUT2D eigenvalue weighted by atomic mass is 10.0. The lowest BCUT2D eigenvalue weighted by molar-refractivity contribution is 0.0857. The second-order valence-corrected chi connectivity index (χ2v) is 6.65. The first-order valence-electron chi connectivity index (χ1n) is 6.74. The van der Waals surface area contributed by atoms with Crippen molar-refractivity contribution in [2.24, 2.45) is 0 Å². The average molecular weight is 372 g/mol. The molecule has 1 atom stereocenters.